The molecule has 1 N–H and O–H groups in total. The lowest BCUT2D eigenvalue weighted by Crippen LogP contribution is -2.65. The largest absolute Gasteiger partial charge is 0.387 e. The molecule has 2 atom stereocenters. The minimum absolute atomic E-state index is 0.0757. The maximum atomic E-state index is 12.8. The molecule has 1 amide bonds. The van der Waals surface area contributed by atoms with E-state index in [-0.39, 0.29) is 17.6 Å². The first-order chi connectivity index (χ1) is 17.4. The number of anilines is 2. The topological polar surface area (TPSA) is 54.5 Å². The number of hydrogen-bond donors (Lipinski definition) is 1. The number of nitrogens with zero attached hydrogens (tertiary/aromatic N) is 2. The monoisotopic (exact) mass is 512 g/mol. The molecular weight excluding hydrogens is 482 g/mol. The van der Waals surface area contributed by atoms with Crippen molar-refractivity contribution in [2.24, 2.45) is 11.3 Å². The summed E-state index contributed by atoms with van der Waals surface area (Å²) in [7, 11) is -1.48. The summed E-state index contributed by atoms with van der Waals surface area (Å²) in [6, 6.07) is 30.5. The van der Waals surface area contributed by atoms with E-state index in [1.807, 2.05) is 47.8 Å². The van der Waals surface area contributed by atoms with Gasteiger partial charge in [0.15, 0.2) is 5.13 Å². The fourth-order valence-corrected chi connectivity index (χ4v) is 7.31. The van der Waals surface area contributed by atoms with Gasteiger partial charge in [0.25, 0.3) is 14.9 Å². The third kappa shape index (κ3) is 5.28. The van der Waals surface area contributed by atoms with Crippen LogP contribution in [-0.4, -0.2) is 32.7 Å². The van der Waals surface area contributed by atoms with Gasteiger partial charge in [-0.25, -0.2) is 4.98 Å². The first-order valence-corrected chi connectivity index (χ1v) is 14.4. The second kappa shape index (κ2) is 10.4. The van der Waals surface area contributed by atoms with Crippen LogP contribution in [0.15, 0.2) is 96.4 Å². The maximum absolute atomic E-state index is 12.8. The quantitative estimate of drug-likeness (QED) is 0.353. The van der Waals surface area contributed by atoms with Gasteiger partial charge in [0.05, 0.1) is 0 Å². The fraction of sp³-hybridized carbons (Fsp3) is 0.241. The highest BCUT2D eigenvalue weighted by atomic mass is 32.1. The van der Waals surface area contributed by atoms with E-state index in [1.54, 1.807) is 0 Å². The average molecular weight is 513 g/mol. The zero-order valence-electron chi connectivity index (χ0n) is 20.7. The number of benzene rings is 3. The molecule has 1 aromatic heterocycles. The summed E-state index contributed by atoms with van der Waals surface area (Å²) in [6.07, 6.45) is -0.115. The fourth-order valence-electron chi connectivity index (χ4n) is 4.34. The van der Waals surface area contributed by atoms with E-state index < -0.39 is 9.04 Å². The standard InChI is InChI=1S/C29H30N3O2SSi/c1-29(2,3)24-19-32(28-31-25(20-35-28)26(33)30-21-13-7-4-8-14-21)27(24)34-36(22-15-9-5-10-16-22)23-17-11-6-12-18-23/h4-18,20,24,27H,19H2,1-3H3,(H,30,33). The van der Waals surface area contributed by atoms with E-state index in [0.717, 1.165) is 17.4 Å². The van der Waals surface area contributed by atoms with Gasteiger partial charge >= 0.3 is 0 Å². The Bertz CT molecular complexity index is 1250. The Morgan fingerprint density at radius 3 is 2.06 bits per heavy atom. The highest BCUT2D eigenvalue weighted by Crippen LogP contribution is 2.43. The smallest absolute Gasteiger partial charge is 0.285 e. The molecule has 3 aromatic carbocycles. The van der Waals surface area contributed by atoms with Crippen LogP contribution < -0.4 is 20.6 Å². The molecule has 1 fully saturated rings. The van der Waals surface area contributed by atoms with E-state index in [2.05, 4.69) is 79.5 Å². The van der Waals surface area contributed by atoms with Crippen molar-refractivity contribution in [1.29, 1.82) is 0 Å². The van der Waals surface area contributed by atoms with Crippen molar-refractivity contribution in [3.05, 3.63) is 102 Å². The Morgan fingerprint density at radius 1 is 0.944 bits per heavy atom. The molecule has 1 saturated heterocycles. The highest BCUT2D eigenvalue weighted by Gasteiger charge is 2.48. The van der Waals surface area contributed by atoms with E-state index in [1.165, 1.54) is 21.7 Å². The Labute approximate surface area is 218 Å². The molecule has 7 heteroatoms. The van der Waals surface area contributed by atoms with Crippen LogP contribution in [0.1, 0.15) is 31.3 Å². The minimum Gasteiger partial charge on any atom is -0.387 e. The molecule has 0 bridgehead atoms. The van der Waals surface area contributed by atoms with Gasteiger partial charge in [-0.05, 0) is 27.9 Å². The second-order valence-electron chi connectivity index (χ2n) is 10.0. The molecular formula is C29H30N3O2SSi. The van der Waals surface area contributed by atoms with Crippen LogP contribution in [0.3, 0.4) is 0 Å². The summed E-state index contributed by atoms with van der Waals surface area (Å²) in [5.41, 5.74) is 1.26. The first-order valence-electron chi connectivity index (χ1n) is 12.1. The normalized spacial score (nSPS) is 17.6. The van der Waals surface area contributed by atoms with Gasteiger partial charge < -0.3 is 14.6 Å². The van der Waals surface area contributed by atoms with Crippen LogP contribution in [0.2, 0.25) is 0 Å². The number of thiazole rings is 1. The zero-order chi connectivity index (χ0) is 25.1. The average Bonchev–Trinajstić information content (AvgIpc) is 3.34. The Morgan fingerprint density at radius 2 is 1.50 bits per heavy atom. The Balaban J connectivity index is 1.40. The van der Waals surface area contributed by atoms with Crippen molar-refractivity contribution in [2.45, 2.75) is 27.0 Å². The van der Waals surface area contributed by atoms with Gasteiger partial charge in [0, 0.05) is 23.5 Å². The third-order valence-electron chi connectivity index (χ3n) is 6.47. The molecule has 0 aliphatic carbocycles. The summed E-state index contributed by atoms with van der Waals surface area (Å²) >= 11 is 1.49. The van der Waals surface area contributed by atoms with Gasteiger partial charge in [-0.1, -0.05) is 99.6 Å². The van der Waals surface area contributed by atoms with Crippen molar-refractivity contribution < 1.29 is 9.22 Å². The van der Waals surface area contributed by atoms with Gasteiger partial charge in [0.2, 0.25) is 0 Å². The van der Waals surface area contributed by atoms with Gasteiger partial charge in [-0.15, -0.1) is 11.3 Å². The molecule has 36 heavy (non-hydrogen) atoms. The number of para-hydroxylation sites is 1. The van der Waals surface area contributed by atoms with Crippen LogP contribution in [0.5, 0.6) is 0 Å². The molecule has 5 rings (SSSR count). The molecule has 2 heterocycles. The molecule has 1 aliphatic heterocycles. The van der Waals surface area contributed by atoms with Crippen molar-refractivity contribution in [2.75, 3.05) is 16.8 Å². The van der Waals surface area contributed by atoms with E-state index in [4.69, 9.17) is 9.41 Å². The second-order valence-corrected chi connectivity index (χ2v) is 12.9. The Kier molecular flexibility index (Phi) is 7.05. The molecule has 0 spiro atoms. The summed E-state index contributed by atoms with van der Waals surface area (Å²) in [5.74, 6) is 0.141. The van der Waals surface area contributed by atoms with Gasteiger partial charge in [-0.2, -0.15) is 0 Å². The number of rotatable bonds is 7. The predicted molar refractivity (Wildman–Crippen MR) is 150 cm³/mol. The van der Waals surface area contributed by atoms with Crippen molar-refractivity contribution in [3.8, 4) is 0 Å². The lowest BCUT2D eigenvalue weighted by molar-refractivity contribution is 0.00495. The van der Waals surface area contributed by atoms with E-state index in [9.17, 15) is 4.79 Å². The zero-order valence-corrected chi connectivity index (χ0v) is 22.5. The minimum atomic E-state index is -1.48. The van der Waals surface area contributed by atoms with Crippen LogP contribution in [0.25, 0.3) is 0 Å². The molecule has 1 radical (unpaired) electrons. The van der Waals surface area contributed by atoms with E-state index in [0.29, 0.717) is 11.6 Å². The van der Waals surface area contributed by atoms with Crippen molar-refractivity contribution in [1.82, 2.24) is 4.98 Å². The molecule has 4 aromatic rings. The Hall–Kier alpha value is -3.26. The molecule has 5 nitrogen and oxygen atoms in total. The number of aromatic nitrogens is 1. The summed E-state index contributed by atoms with van der Waals surface area (Å²) in [5, 5.41) is 8.01. The summed E-state index contributed by atoms with van der Waals surface area (Å²) < 4.78 is 7.02. The van der Waals surface area contributed by atoms with Crippen LogP contribution in [-0.2, 0) is 4.43 Å². The van der Waals surface area contributed by atoms with Gasteiger partial charge in [0.1, 0.15) is 11.9 Å². The maximum Gasteiger partial charge on any atom is 0.285 e. The van der Waals surface area contributed by atoms with E-state index >= 15 is 0 Å². The predicted octanol–water partition coefficient (Wildman–Crippen LogP) is 5.03. The molecule has 2 unspecified atom stereocenters. The first kappa shape index (κ1) is 24.4. The number of nitrogens with one attached hydrogen (secondary N) is 1. The summed E-state index contributed by atoms with van der Waals surface area (Å²) in [4.78, 5) is 19.7. The third-order valence-corrected chi connectivity index (χ3v) is 9.54. The molecule has 0 saturated carbocycles. The van der Waals surface area contributed by atoms with Crippen molar-refractivity contribution >= 4 is 47.5 Å². The lowest BCUT2D eigenvalue weighted by Gasteiger charge is -2.53. The summed E-state index contributed by atoms with van der Waals surface area (Å²) in [6.45, 7) is 7.65. The SMILES string of the molecule is CC(C)(C)C1CN(c2nc(C(=O)Nc3ccccc3)cs2)C1O[Si](c1ccccc1)c1ccccc1. The lowest BCUT2D eigenvalue weighted by atomic mass is 9.74. The highest BCUT2D eigenvalue weighted by molar-refractivity contribution is 7.14. The van der Waals surface area contributed by atoms with Crippen LogP contribution in [0, 0.1) is 11.3 Å². The van der Waals surface area contributed by atoms with Crippen LogP contribution >= 0.6 is 11.3 Å². The number of amides is 1. The number of carbonyl (C=O) groups is 1. The molecule has 1 aliphatic rings. The molecule has 183 valence electrons. The number of carbonyl (C=O) groups excluding carboxylic acids is 1. The number of hydrogen-bond acceptors (Lipinski definition) is 5. The van der Waals surface area contributed by atoms with Crippen LogP contribution in [0.4, 0.5) is 10.8 Å². The van der Waals surface area contributed by atoms with Gasteiger partial charge in [-0.3, -0.25) is 4.79 Å². The van der Waals surface area contributed by atoms with Crippen molar-refractivity contribution in [3.63, 3.8) is 0 Å².